The van der Waals surface area contributed by atoms with Gasteiger partial charge in [-0.25, -0.2) is 15.0 Å². The van der Waals surface area contributed by atoms with Gasteiger partial charge in [0.1, 0.15) is 0 Å². The van der Waals surface area contributed by atoms with Crippen molar-refractivity contribution in [2.75, 3.05) is 5.32 Å². The monoisotopic (exact) mass is 339 g/mol. The van der Waals surface area contributed by atoms with Crippen molar-refractivity contribution in [3.8, 4) is 0 Å². The zero-order chi connectivity index (χ0) is 16.8. The molecule has 2 heterocycles. The quantitative estimate of drug-likeness (QED) is 0.721. The number of anilines is 2. The Balaban J connectivity index is 1.55. The van der Waals surface area contributed by atoms with Gasteiger partial charge >= 0.3 is 0 Å². The van der Waals surface area contributed by atoms with Gasteiger partial charge in [0.2, 0.25) is 11.9 Å². The van der Waals surface area contributed by atoms with Crippen LogP contribution in [0.1, 0.15) is 24.2 Å². The highest BCUT2D eigenvalue weighted by atomic mass is 32.1. The Bertz CT molecular complexity index is 791. The number of carbonyl (C=O) groups excluding carboxylic acids is 1. The molecule has 6 nitrogen and oxygen atoms in total. The smallest absolute Gasteiger partial charge is 0.228 e. The molecule has 0 aliphatic rings. The van der Waals surface area contributed by atoms with Crippen molar-refractivity contribution in [2.45, 2.75) is 19.4 Å². The second-order valence-corrected chi connectivity index (χ2v) is 6.08. The maximum absolute atomic E-state index is 12.2. The van der Waals surface area contributed by atoms with Gasteiger partial charge in [-0.2, -0.15) is 0 Å². The number of aromatic nitrogens is 3. The fraction of sp³-hybridized carbons (Fsp3) is 0.176. The SMILES string of the molecule is C[C@@H](NC(=O)Cc1csc(Nc2ncccn2)n1)c1ccccc1. The number of rotatable bonds is 6. The first-order valence-corrected chi connectivity index (χ1v) is 8.41. The van der Waals surface area contributed by atoms with E-state index in [1.807, 2.05) is 42.6 Å². The third-order valence-electron chi connectivity index (χ3n) is 3.35. The maximum Gasteiger partial charge on any atom is 0.228 e. The highest BCUT2D eigenvalue weighted by molar-refractivity contribution is 7.13. The zero-order valence-electron chi connectivity index (χ0n) is 13.1. The number of benzene rings is 1. The average molecular weight is 339 g/mol. The van der Waals surface area contributed by atoms with E-state index in [4.69, 9.17) is 0 Å². The summed E-state index contributed by atoms with van der Waals surface area (Å²) in [6, 6.07) is 11.6. The van der Waals surface area contributed by atoms with E-state index in [1.54, 1.807) is 18.5 Å². The van der Waals surface area contributed by atoms with Crippen molar-refractivity contribution in [3.63, 3.8) is 0 Å². The molecular weight excluding hydrogens is 322 g/mol. The lowest BCUT2D eigenvalue weighted by Gasteiger charge is -2.13. The molecule has 2 aromatic heterocycles. The molecule has 122 valence electrons. The largest absolute Gasteiger partial charge is 0.349 e. The molecular formula is C17H17N5OS. The van der Waals surface area contributed by atoms with Crippen LogP contribution in [-0.2, 0) is 11.2 Å². The van der Waals surface area contributed by atoms with Crippen LogP contribution >= 0.6 is 11.3 Å². The molecule has 1 amide bonds. The predicted octanol–water partition coefficient (Wildman–Crippen LogP) is 3.10. The van der Waals surface area contributed by atoms with Crippen LogP contribution in [0.3, 0.4) is 0 Å². The Labute approximate surface area is 144 Å². The number of hydrogen-bond acceptors (Lipinski definition) is 6. The number of nitrogens with zero attached hydrogens (tertiary/aromatic N) is 3. The molecule has 0 fully saturated rings. The predicted molar refractivity (Wildman–Crippen MR) is 94.1 cm³/mol. The van der Waals surface area contributed by atoms with E-state index in [-0.39, 0.29) is 18.4 Å². The molecule has 3 rings (SSSR count). The molecule has 0 aliphatic heterocycles. The van der Waals surface area contributed by atoms with Crippen molar-refractivity contribution in [2.24, 2.45) is 0 Å². The number of carbonyl (C=O) groups is 1. The van der Waals surface area contributed by atoms with Crippen molar-refractivity contribution >= 4 is 28.3 Å². The molecule has 0 saturated carbocycles. The lowest BCUT2D eigenvalue weighted by atomic mass is 10.1. The van der Waals surface area contributed by atoms with Crippen LogP contribution in [0.25, 0.3) is 0 Å². The van der Waals surface area contributed by atoms with Gasteiger partial charge in [0.15, 0.2) is 5.13 Å². The number of thiazole rings is 1. The van der Waals surface area contributed by atoms with E-state index < -0.39 is 0 Å². The molecule has 0 spiro atoms. The van der Waals surface area contributed by atoms with Gasteiger partial charge in [0.05, 0.1) is 18.2 Å². The summed E-state index contributed by atoms with van der Waals surface area (Å²) < 4.78 is 0. The summed E-state index contributed by atoms with van der Waals surface area (Å²) in [5.41, 5.74) is 1.80. The highest BCUT2D eigenvalue weighted by Gasteiger charge is 2.12. The molecule has 1 aromatic carbocycles. The fourth-order valence-electron chi connectivity index (χ4n) is 2.19. The maximum atomic E-state index is 12.2. The standard InChI is InChI=1S/C17H17N5OS/c1-12(13-6-3-2-4-7-13)20-15(23)10-14-11-24-17(21-14)22-16-18-8-5-9-19-16/h2-9,11-12H,10H2,1H3,(H,20,23)(H,18,19,21,22)/t12-/m1/s1. The first kappa shape index (κ1) is 16.1. The van der Waals surface area contributed by atoms with Crippen LogP contribution < -0.4 is 10.6 Å². The van der Waals surface area contributed by atoms with Crippen LogP contribution in [0, 0.1) is 0 Å². The molecule has 0 saturated heterocycles. The number of nitrogens with one attached hydrogen (secondary N) is 2. The van der Waals surface area contributed by atoms with E-state index in [9.17, 15) is 4.79 Å². The molecule has 0 unspecified atom stereocenters. The summed E-state index contributed by atoms with van der Waals surface area (Å²) in [5.74, 6) is 0.430. The first-order valence-electron chi connectivity index (χ1n) is 7.53. The van der Waals surface area contributed by atoms with E-state index in [0.717, 1.165) is 11.3 Å². The summed E-state index contributed by atoms with van der Waals surface area (Å²) in [7, 11) is 0. The van der Waals surface area contributed by atoms with E-state index in [1.165, 1.54) is 11.3 Å². The van der Waals surface area contributed by atoms with Crippen molar-refractivity contribution in [1.82, 2.24) is 20.3 Å². The third kappa shape index (κ3) is 4.36. The molecule has 0 radical (unpaired) electrons. The average Bonchev–Trinajstić information content (AvgIpc) is 3.03. The van der Waals surface area contributed by atoms with Crippen LogP contribution in [0.5, 0.6) is 0 Å². The van der Waals surface area contributed by atoms with E-state index in [0.29, 0.717) is 11.1 Å². The topological polar surface area (TPSA) is 79.8 Å². The normalized spacial score (nSPS) is 11.7. The zero-order valence-corrected chi connectivity index (χ0v) is 14.0. The molecule has 2 N–H and O–H groups in total. The minimum atomic E-state index is -0.0563. The summed E-state index contributed by atoms with van der Waals surface area (Å²) in [4.78, 5) is 24.7. The van der Waals surface area contributed by atoms with Crippen LogP contribution in [0.2, 0.25) is 0 Å². The fourth-order valence-corrected chi connectivity index (χ4v) is 2.89. The third-order valence-corrected chi connectivity index (χ3v) is 4.16. The van der Waals surface area contributed by atoms with E-state index >= 15 is 0 Å². The summed E-state index contributed by atoms with van der Waals surface area (Å²) >= 11 is 1.42. The summed E-state index contributed by atoms with van der Waals surface area (Å²) in [5, 5.41) is 8.53. The first-order chi connectivity index (χ1) is 11.7. The second-order valence-electron chi connectivity index (χ2n) is 5.22. The Kier molecular flexibility index (Phi) is 5.12. The minimum Gasteiger partial charge on any atom is -0.349 e. The second kappa shape index (κ2) is 7.65. The Morgan fingerprint density at radius 1 is 1.17 bits per heavy atom. The highest BCUT2D eigenvalue weighted by Crippen LogP contribution is 2.19. The van der Waals surface area contributed by atoms with Gasteiger partial charge < -0.3 is 10.6 Å². The van der Waals surface area contributed by atoms with Gasteiger partial charge in [0.25, 0.3) is 0 Å². The lowest BCUT2D eigenvalue weighted by molar-refractivity contribution is -0.121. The Morgan fingerprint density at radius 2 is 1.92 bits per heavy atom. The van der Waals surface area contributed by atoms with Crippen LogP contribution in [0.4, 0.5) is 11.1 Å². The summed E-state index contributed by atoms with van der Waals surface area (Å²) in [6.45, 7) is 1.97. The molecule has 7 heteroatoms. The van der Waals surface area contributed by atoms with Gasteiger partial charge in [-0.3, -0.25) is 4.79 Å². The lowest BCUT2D eigenvalue weighted by Crippen LogP contribution is -2.28. The molecule has 0 aliphatic carbocycles. The van der Waals surface area contributed by atoms with Crippen molar-refractivity contribution < 1.29 is 4.79 Å². The van der Waals surface area contributed by atoms with Gasteiger partial charge in [-0.05, 0) is 18.6 Å². The van der Waals surface area contributed by atoms with E-state index in [2.05, 4.69) is 25.6 Å². The molecule has 1 atom stereocenters. The molecule has 24 heavy (non-hydrogen) atoms. The van der Waals surface area contributed by atoms with Crippen LogP contribution in [-0.4, -0.2) is 20.9 Å². The van der Waals surface area contributed by atoms with Crippen molar-refractivity contribution in [3.05, 3.63) is 65.4 Å². The molecule has 0 bridgehead atoms. The number of amides is 1. The number of hydrogen-bond donors (Lipinski definition) is 2. The Morgan fingerprint density at radius 3 is 2.67 bits per heavy atom. The summed E-state index contributed by atoms with van der Waals surface area (Å²) in [6.07, 6.45) is 3.55. The molecule has 3 aromatic rings. The van der Waals surface area contributed by atoms with Crippen molar-refractivity contribution in [1.29, 1.82) is 0 Å². The Hall–Kier alpha value is -2.80. The van der Waals surface area contributed by atoms with Crippen LogP contribution in [0.15, 0.2) is 54.2 Å². The minimum absolute atomic E-state index is 0.0346. The van der Waals surface area contributed by atoms with Gasteiger partial charge in [-0.1, -0.05) is 30.3 Å². The van der Waals surface area contributed by atoms with Gasteiger partial charge in [-0.15, -0.1) is 11.3 Å². The van der Waals surface area contributed by atoms with Gasteiger partial charge in [0, 0.05) is 17.8 Å².